The fourth-order valence-corrected chi connectivity index (χ4v) is 4.35. The molecule has 6 nitrogen and oxygen atoms in total. The van der Waals surface area contributed by atoms with E-state index < -0.39 is 0 Å². The number of aromatic nitrogens is 2. The summed E-state index contributed by atoms with van der Waals surface area (Å²) < 4.78 is 11.9. The number of unbranched alkanes of at least 4 members (excludes halogenated alkanes) is 1. The number of ether oxygens (including phenoxy) is 2. The molecule has 2 fully saturated rings. The maximum absolute atomic E-state index is 13.1. The topological polar surface area (TPSA) is 81.3 Å². The lowest BCUT2D eigenvalue weighted by molar-refractivity contribution is -0.112. The summed E-state index contributed by atoms with van der Waals surface area (Å²) in [5.41, 5.74) is 3.14. The van der Waals surface area contributed by atoms with Crippen LogP contribution in [0.2, 0.25) is 0 Å². The van der Waals surface area contributed by atoms with Crippen LogP contribution in [0.4, 0.5) is 0 Å². The summed E-state index contributed by atoms with van der Waals surface area (Å²) in [6.07, 6.45) is 8.10. The molecular formula is C27H34N2O4. The van der Waals surface area contributed by atoms with Crippen molar-refractivity contribution in [2.24, 2.45) is 5.92 Å². The van der Waals surface area contributed by atoms with E-state index in [9.17, 15) is 9.59 Å². The first kappa shape index (κ1) is 23.4. The monoisotopic (exact) mass is 450 g/mol. The number of carbonyl (C=O) groups is 1. The van der Waals surface area contributed by atoms with Gasteiger partial charge in [0.25, 0.3) is 11.6 Å². The summed E-state index contributed by atoms with van der Waals surface area (Å²) in [4.78, 5) is 32.4. The maximum atomic E-state index is 13.1. The summed E-state index contributed by atoms with van der Waals surface area (Å²) in [5, 5.41) is 0. The molecule has 0 aliphatic heterocycles. The van der Waals surface area contributed by atoms with Crippen molar-refractivity contribution < 1.29 is 14.3 Å². The van der Waals surface area contributed by atoms with Crippen LogP contribution in [0, 0.1) is 5.92 Å². The lowest BCUT2D eigenvalue weighted by Gasteiger charge is -2.34. The molecule has 1 aromatic heterocycles. The molecule has 0 radical (unpaired) electrons. The molecule has 6 heteroatoms. The highest BCUT2D eigenvalue weighted by molar-refractivity contribution is 5.95. The molecule has 2 saturated carbocycles. The van der Waals surface area contributed by atoms with Gasteiger partial charge in [-0.05, 0) is 68.6 Å². The normalized spacial score (nSPS) is 20.4. The Bertz CT molecular complexity index is 1030. The van der Waals surface area contributed by atoms with Crippen molar-refractivity contribution in [3.63, 3.8) is 0 Å². The molecule has 2 aromatic rings. The van der Waals surface area contributed by atoms with Gasteiger partial charge in [0, 0.05) is 5.92 Å². The molecule has 2 aliphatic rings. The molecule has 0 unspecified atom stereocenters. The van der Waals surface area contributed by atoms with Crippen molar-refractivity contribution in [1.29, 1.82) is 0 Å². The van der Waals surface area contributed by atoms with Gasteiger partial charge in [-0.3, -0.25) is 14.6 Å². The Morgan fingerprint density at radius 1 is 1.21 bits per heavy atom. The SMILES string of the molecule is CCCC/C(=C/C(C)=O)c1c(C2CC2)nc(O[C@H]2C[C@@H](COCc3ccccc3)C2)[nH]c1=O. The first-order chi connectivity index (χ1) is 16.0. The van der Waals surface area contributed by atoms with E-state index >= 15 is 0 Å². The Balaban J connectivity index is 1.37. The second-order valence-corrected chi connectivity index (χ2v) is 9.37. The highest BCUT2D eigenvalue weighted by atomic mass is 16.5. The number of hydrogen-bond donors (Lipinski definition) is 1. The largest absolute Gasteiger partial charge is 0.461 e. The van der Waals surface area contributed by atoms with Gasteiger partial charge in [-0.2, -0.15) is 0 Å². The number of rotatable bonds is 12. The minimum absolute atomic E-state index is 0.0439. The molecule has 4 rings (SSSR count). The van der Waals surface area contributed by atoms with Gasteiger partial charge >= 0.3 is 0 Å². The molecule has 1 N–H and O–H groups in total. The second kappa shape index (κ2) is 10.9. The predicted octanol–water partition coefficient (Wildman–Crippen LogP) is 5.18. The third-order valence-electron chi connectivity index (χ3n) is 6.32. The zero-order valence-corrected chi connectivity index (χ0v) is 19.6. The van der Waals surface area contributed by atoms with Crippen molar-refractivity contribution in [3.8, 4) is 6.01 Å². The minimum Gasteiger partial charge on any atom is -0.461 e. The standard InChI is InChI=1S/C27H34N2O4/c1-3-4-10-22(13-18(2)30)24-25(21-11-12-21)28-27(29-26(24)31)33-23-14-20(15-23)17-32-16-19-8-6-5-7-9-19/h5-9,13,20-21,23H,3-4,10-12,14-17H2,1-2H3,(H,28,29,31)/b22-13-/t20-,23+. The minimum atomic E-state index is -0.201. The second-order valence-electron chi connectivity index (χ2n) is 9.37. The number of nitrogens with zero attached hydrogens (tertiary/aromatic N) is 1. The Labute approximate surface area is 195 Å². The predicted molar refractivity (Wildman–Crippen MR) is 128 cm³/mol. The van der Waals surface area contributed by atoms with Crippen LogP contribution in [-0.4, -0.2) is 28.5 Å². The number of hydrogen-bond acceptors (Lipinski definition) is 5. The summed E-state index contributed by atoms with van der Waals surface area (Å²) in [6, 6.07) is 10.5. The van der Waals surface area contributed by atoms with E-state index in [1.165, 1.54) is 12.5 Å². The van der Waals surface area contributed by atoms with Gasteiger partial charge < -0.3 is 9.47 Å². The van der Waals surface area contributed by atoms with Crippen LogP contribution in [0.25, 0.3) is 5.57 Å². The third kappa shape index (κ3) is 6.41. The van der Waals surface area contributed by atoms with Gasteiger partial charge in [-0.1, -0.05) is 43.7 Å². The lowest BCUT2D eigenvalue weighted by atomic mass is 9.83. The molecule has 33 heavy (non-hydrogen) atoms. The van der Waals surface area contributed by atoms with Crippen LogP contribution < -0.4 is 10.3 Å². The molecule has 0 atom stereocenters. The average molecular weight is 451 g/mol. The van der Waals surface area contributed by atoms with Gasteiger partial charge in [0.1, 0.15) is 6.10 Å². The maximum Gasteiger partial charge on any atom is 0.296 e. The molecule has 176 valence electrons. The van der Waals surface area contributed by atoms with Crippen molar-refractivity contribution in [2.75, 3.05) is 6.61 Å². The van der Waals surface area contributed by atoms with Crippen molar-refractivity contribution in [2.45, 2.75) is 77.4 Å². The van der Waals surface area contributed by atoms with Crippen LogP contribution in [-0.2, 0) is 16.1 Å². The fourth-order valence-electron chi connectivity index (χ4n) is 4.35. The van der Waals surface area contributed by atoms with E-state index in [1.807, 2.05) is 18.2 Å². The van der Waals surface area contributed by atoms with E-state index in [0.29, 0.717) is 37.1 Å². The number of H-pyrrole nitrogens is 1. The molecule has 0 spiro atoms. The van der Waals surface area contributed by atoms with Crippen LogP contribution in [0.5, 0.6) is 6.01 Å². The van der Waals surface area contributed by atoms with E-state index in [2.05, 4.69) is 24.0 Å². The number of aromatic amines is 1. The summed E-state index contributed by atoms with van der Waals surface area (Å²) in [5.74, 6) is 0.700. The number of ketones is 1. The number of benzene rings is 1. The Hall–Kier alpha value is -2.73. The van der Waals surface area contributed by atoms with Gasteiger partial charge in [0.05, 0.1) is 24.5 Å². The fraction of sp³-hybridized carbons (Fsp3) is 0.519. The number of allylic oxidation sites excluding steroid dienone is 2. The number of nitrogens with one attached hydrogen (secondary N) is 1. The van der Waals surface area contributed by atoms with Crippen LogP contribution in [0.1, 0.15) is 81.5 Å². The van der Waals surface area contributed by atoms with Gasteiger partial charge in [-0.25, -0.2) is 4.98 Å². The molecule has 2 aliphatic carbocycles. The van der Waals surface area contributed by atoms with Crippen LogP contribution in [0.3, 0.4) is 0 Å². The van der Waals surface area contributed by atoms with Gasteiger partial charge in [-0.15, -0.1) is 0 Å². The van der Waals surface area contributed by atoms with E-state index in [4.69, 9.17) is 14.5 Å². The quantitative estimate of drug-likeness (QED) is 0.451. The van der Waals surface area contributed by atoms with Crippen molar-refractivity contribution in [3.05, 3.63) is 63.6 Å². The third-order valence-corrected chi connectivity index (χ3v) is 6.32. The first-order valence-electron chi connectivity index (χ1n) is 12.2. The van der Waals surface area contributed by atoms with Crippen LogP contribution in [0.15, 0.2) is 41.2 Å². The van der Waals surface area contributed by atoms with E-state index in [-0.39, 0.29) is 23.4 Å². The highest BCUT2D eigenvalue weighted by Gasteiger charge is 2.34. The molecular weight excluding hydrogens is 416 g/mol. The van der Waals surface area contributed by atoms with E-state index in [0.717, 1.165) is 49.8 Å². The van der Waals surface area contributed by atoms with Gasteiger partial charge in [0.2, 0.25) is 0 Å². The first-order valence-corrected chi connectivity index (χ1v) is 12.2. The van der Waals surface area contributed by atoms with E-state index in [1.54, 1.807) is 6.08 Å². The van der Waals surface area contributed by atoms with Crippen molar-refractivity contribution in [1.82, 2.24) is 9.97 Å². The number of carbonyl (C=O) groups excluding carboxylic acids is 1. The summed E-state index contributed by atoms with van der Waals surface area (Å²) >= 11 is 0. The van der Waals surface area contributed by atoms with Crippen molar-refractivity contribution >= 4 is 11.4 Å². The molecule has 0 amide bonds. The summed E-state index contributed by atoms with van der Waals surface area (Å²) in [6.45, 7) is 4.96. The average Bonchev–Trinajstić information content (AvgIpc) is 3.60. The zero-order valence-electron chi connectivity index (χ0n) is 19.6. The van der Waals surface area contributed by atoms with Crippen LogP contribution >= 0.6 is 0 Å². The molecule has 0 bridgehead atoms. The highest BCUT2D eigenvalue weighted by Crippen LogP contribution is 2.42. The molecule has 1 aromatic carbocycles. The Morgan fingerprint density at radius 3 is 2.64 bits per heavy atom. The zero-order chi connectivity index (χ0) is 23.2. The Kier molecular flexibility index (Phi) is 7.76. The Morgan fingerprint density at radius 2 is 1.97 bits per heavy atom. The lowest BCUT2D eigenvalue weighted by Crippen LogP contribution is -2.37. The van der Waals surface area contributed by atoms with Gasteiger partial charge in [0.15, 0.2) is 5.78 Å². The summed E-state index contributed by atoms with van der Waals surface area (Å²) in [7, 11) is 0. The smallest absolute Gasteiger partial charge is 0.296 e. The molecule has 1 heterocycles. The molecule has 0 saturated heterocycles.